The van der Waals surface area contributed by atoms with E-state index in [2.05, 4.69) is 5.32 Å². The molecule has 22 heavy (non-hydrogen) atoms. The van der Waals surface area contributed by atoms with Crippen LogP contribution in [-0.4, -0.2) is 17.7 Å². The highest BCUT2D eigenvalue weighted by molar-refractivity contribution is 6.18. The van der Waals surface area contributed by atoms with Crippen molar-refractivity contribution >= 4 is 40.5 Å². The van der Waals surface area contributed by atoms with Crippen LogP contribution in [0, 0.1) is 0 Å². The molecule has 3 N–H and O–H groups in total. The molecular formula is C17H18Cl2N2O. The van der Waals surface area contributed by atoms with E-state index in [0.717, 1.165) is 16.8 Å². The second-order valence-corrected chi connectivity index (χ2v) is 5.61. The molecule has 116 valence electrons. The number of alkyl halides is 2. The zero-order valence-electron chi connectivity index (χ0n) is 12.1. The van der Waals surface area contributed by atoms with E-state index < -0.39 is 0 Å². The van der Waals surface area contributed by atoms with Gasteiger partial charge in [0.1, 0.15) is 0 Å². The Morgan fingerprint density at radius 3 is 2.23 bits per heavy atom. The average molecular weight is 337 g/mol. The van der Waals surface area contributed by atoms with Crippen LogP contribution >= 0.6 is 23.2 Å². The van der Waals surface area contributed by atoms with Crippen LogP contribution in [-0.2, 0) is 12.8 Å². The van der Waals surface area contributed by atoms with Crippen molar-refractivity contribution in [2.45, 2.75) is 12.8 Å². The van der Waals surface area contributed by atoms with Gasteiger partial charge in [0.25, 0.3) is 5.91 Å². The number of benzene rings is 2. The molecule has 0 aliphatic carbocycles. The van der Waals surface area contributed by atoms with Crippen molar-refractivity contribution in [1.29, 1.82) is 0 Å². The number of halogens is 2. The molecule has 5 heteroatoms. The van der Waals surface area contributed by atoms with Crippen LogP contribution in [0.3, 0.4) is 0 Å². The summed E-state index contributed by atoms with van der Waals surface area (Å²) in [6, 6.07) is 12.7. The highest BCUT2D eigenvalue weighted by atomic mass is 35.5. The van der Waals surface area contributed by atoms with E-state index in [9.17, 15) is 4.79 Å². The van der Waals surface area contributed by atoms with Crippen molar-refractivity contribution in [3.8, 4) is 0 Å². The van der Waals surface area contributed by atoms with E-state index in [-0.39, 0.29) is 5.91 Å². The van der Waals surface area contributed by atoms with Crippen molar-refractivity contribution in [3.63, 3.8) is 0 Å². The summed E-state index contributed by atoms with van der Waals surface area (Å²) in [7, 11) is 0. The number of carbonyl (C=O) groups excluding carboxylic acids is 1. The number of hydrogen-bond acceptors (Lipinski definition) is 2. The second kappa shape index (κ2) is 8.06. The molecule has 0 saturated heterocycles. The van der Waals surface area contributed by atoms with E-state index in [1.54, 1.807) is 18.2 Å². The monoisotopic (exact) mass is 336 g/mol. The Labute approximate surface area is 140 Å². The summed E-state index contributed by atoms with van der Waals surface area (Å²) in [5, 5.41) is 2.94. The Morgan fingerprint density at radius 1 is 0.955 bits per heavy atom. The molecule has 0 bridgehead atoms. The van der Waals surface area contributed by atoms with E-state index in [0.29, 0.717) is 35.9 Å². The fourth-order valence-corrected chi connectivity index (χ4v) is 2.76. The highest BCUT2D eigenvalue weighted by Crippen LogP contribution is 2.27. The lowest BCUT2D eigenvalue weighted by molar-refractivity contribution is 0.102. The smallest absolute Gasteiger partial charge is 0.255 e. The van der Waals surface area contributed by atoms with Gasteiger partial charge in [0, 0.05) is 28.7 Å². The Kier molecular flexibility index (Phi) is 6.10. The zero-order valence-corrected chi connectivity index (χ0v) is 13.6. The number of nitrogen functional groups attached to an aromatic ring is 1. The first-order valence-electron chi connectivity index (χ1n) is 7.06. The number of nitrogens with one attached hydrogen (secondary N) is 1. The van der Waals surface area contributed by atoms with E-state index in [1.807, 2.05) is 24.3 Å². The molecule has 0 spiro atoms. The number of nitrogens with two attached hydrogens (primary N) is 1. The van der Waals surface area contributed by atoms with Gasteiger partial charge in [-0.15, -0.1) is 23.2 Å². The van der Waals surface area contributed by atoms with Gasteiger partial charge in [-0.05, 0) is 48.2 Å². The molecular weight excluding hydrogens is 319 g/mol. The van der Waals surface area contributed by atoms with Gasteiger partial charge in [0.2, 0.25) is 0 Å². The van der Waals surface area contributed by atoms with E-state index in [1.165, 1.54) is 0 Å². The summed E-state index contributed by atoms with van der Waals surface area (Å²) in [5.41, 5.74) is 9.98. The zero-order chi connectivity index (χ0) is 15.9. The van der Waals surface area contributed by atoms with Gasteiger partial charge in [0.15, 0.2) is 0 Å². The first kappa shape index (κ1) is 16.7. The first-order chi connectivity index (χ1) is 10.7. The third-order valence-electron chi connectivity index (χ3n) is 3.44. The van der Waals surface area contributed by atoms with Gasteiger partial charge in [0.05, 0.1) is 0 Å². The van der Waals surface area contributed by atoms with Gasteiger partial charge in [-0.25, -0.2) is 0 Å². The number of amides is 1. The molecule has 2 aromatic rings. The molecule has 0 aromatic heterocycles. The lowest BCUT2D eigenvalue weighted by atomic mass is 9.98. The molecule has 2 rings (SSSR count). The third kappa shape index (κ3) is 3.93. The molecule has 0 unspecified atom stereocenters. The number of carbonyl (C=O) groups is 1. The Morgan fingerprint density at radius 2 is 1.59 bits per heavy atom. The summed E-state index contributed by atoms with van der Waals surface area (Å²) in [6.45, 7) is 0. The lowest BCUT2D eigenvalue weighted by Crippen LogP contribution is -2.15. The molecule has 3 nitrogen and oxygen atoms in total. The summed E-state index contributed by atoms with van der Waals surface area (Å²) < 4.78 is 0. The molecule has 2 aromatic carbocycles. The second-order valence-electron chi connectivity index (χ2n) is 4.86. The number of hydrogen-bond donors (Lipinski definition) is 2. The molecule has 0 radical (unpaired) electrons. The minimum atomic E-state index is -0.155. The van der Waals surface area contributed by atoms with Crippen LogP contribution < -0.4 is 11.1 Å². The van der Waals surface area contributed by atoms with Crippen molar-refractivity contribution in [3.05, 3.63) is 59.2 Å². The van der Waals surface area contributed by atoms with Gasteiger partial charge < -0.3 is 11.1 Å². The van der Waals surface area contributed by atoms with Crippen LogP contribution in [0.4, 0.5) is 11.4 Å². The topological polar surface area (TPSA) is 55.1 Å². The van der Waals surface area contributed by atoms with Crippen LogP contribution in [0.15, 0.2) is 42.5 Å². The molecule has 0 aliphatic rings. The summed E-state index contributed by atoms with van der Waals surface area (Å²) in [4.78, 5) is 12.3. The van der Waals surface area contributed by atoms with Gasteiger partial charge in [-0.3, -0.25) is 4.79 Å². The van der Waals surface area contributed by atoms with Gasteiger partial charge in [-0.1, -0.05) is 18.2 Å². The quantitative estimate of drug-likeness (QED) is 0.616. The van der Waals surface area contributed by atoms with Crippen molar-refractivity contribution in [1.82, 2.24) is 0 Å². The van der Waals surface area contributed by atoms with Crippen LogP contribution in [0.1, 0.15) is 21.5 Å². The molecule has 0 fully saturated rings. The predicted octanol–water partition coefficient (Wildman–Crippen LogP) is 4.08. The van der Waals surface area contributed by atoms with Gasteiger partial charge in [-0.2, -0.15) is 0 Å². The predicted molar refractivity (Wildman–Crippen MR) is 94.1 cm³/mol. The Balaban J connectivity index is 2.34. The largest absolute Gasteiger partial charge is 0.398 e. The minimum absolute atomic E-state index is 0.155. The molecule has 0 atom stereocenters. The molecule has 0 heterocycles. The molecule has 1 amide bonds. The Hall–Kier alpha value is -1.71. The minimum Gasteiger partial charge on any atom is -0.398 e. The SMILES string of the molecule is Nc1ccc(NC(=O)c2ccccc2)c(CCCl)c1CCCl. The standard InChI is InChI=1S/C17H18Cl2N2O/c18-10-8-13-14(9-11-19)16(7-6-15(13)20)21-17(22)12-4-2-1-3-5-12/h1-7H,8-11,20H2,(H,21,22). The van der Waals surface area contributed by atoms with Crippen LogP contribution in [0.2, 0.25) is 0 Å². The molecule has 0 saturated carbocycles. The van der Waals surface area contributed by atoms with Crippen molar-refractivity contribution in [2.75, 3.05) is 22.8 Å². The maximum atomic E-state index is 12.3. The van der Waals surface area contributed by atoms with Gasteiger partial charge >= 0.3 is 0 Å². The van der Waals surface area contributed by atoms with E-state index >= 15 is 0 Å². The normalized spacial score (nSPS) is 10.5. The maximum Gasteiger partial charge on any atom is 0.255 e. The first-order valence-corrected chi connectivity index (χ1v) is 8.12. The lowest BCUT2D eigenvalue weighted by Gasteiger charge is -2.17. The fraction of sp³-hybridized carbons (Fsp3) is 0.235. The third-order valence-corrected chi connectivity index (χ3v) is 3.82. The van der Waals surface area contributed by atoms with Crippen LogP contribution in [0.5, 0.6) is 0 Å². The van der Waals surface area contributed by atoms with E-state index in [4.69, 9.17) is 28.9 Å². The summed E-state index contributed by atoms with van der Waals surface area (Å²) >= 11 is 11.8. The summed E-state index contributed by atoms with van der Waals surface area (Å²) in [5.74, 6) is 0.765. The fourth-order valence-electron chi connectivity index (χ4n) is 2.38. The average Bonchev–Trinajstić information content (AvgIpc) is 2.54. The summed E-state index contributed by atoms with van der Waals surface area (Å²) in [6.07, 6.45) is 1.28. The van der Waals surface area contributed by atoms with Crippen molar-refractivity contribution in [2.24, 2.45) is 0 Å². The van der Waals surface area contributed by atoms with Crippen molar-refractivity contribution < 1.29 is 4.79 Å². The molecule has 0 aliphatic heterocycles. The van der Waals surface area contributed by atoms with Crippen LogP contribution in [0.25, 0.3) is 0 Å². The number of anilines is 2. The highest BCUT2D eigenvalue weighted by Gasteiger charge is 2.14. The number of rotatable bonds is 6. The Bertz CT molecular complexity index is 645. The maximum absolute atomic E-state index is 12.3.